The van der Waals surface area contributed by atoms with Crippen LogP contribution in [0, 0.1) is 0 Å². The molecule has 0 aliphatic heterocycles. The largest absolute Gasteiger partial charge is 0.385 e. The monoisotopic (exact) mass is 238 g/mol. The van der Waals surface area contributed by atoms with Crippen LogP contribution in [0.2, 0.25) is 0 Å². The van der Waals surface area contributed by atoms with Crippen molar-refractivity contribution in [3.63, 3.8) is 0 Å². The van der Waals surface area contributed by atoms with Crippen LogP contribution in [-0.4, -0.2) is 43.8 Å². The number of hydrogen-bond donors (Lipinski definition) is 1. The number of hydrogen-bond acceptors (Lipinski definition) is 5. The molecule has 1 N–H and O–H groups in total. The van der Waals surface area contributed by atoms with Gasteiger partial charge in [-0.15, -0.1) is 0 Å². The van der Waals surface area contributed by atoms with Gasteiger partial charge in [0.05, 0.1) is 0 Å². The highest BCUT2D eigenvalue weighted by Gasteiger charge is 2.03. The number of nitrogens with zero attached hydrogens (tertiary/aromatic N) is 3. The third-order valence-electron chi connectivity index (χ3n) is 2.45. The standard InChI is InChI=1S/C12H22N4O/c1-4-13-8-11-9-14-12(15-10-11)16(2)6-5-7-17-3/h9-10,13H,4-8H2,1-3H3. The van der Waals surface area contributed by atoms with Gasteiger partial charge in [0.1, 0.15) is 0 Å². The minimum Gasteiger partial charge on any atom is -0.385 e. The lowest BCUT2D eigenvalue weighted by atomic mass is 10.3. The van der Waals surface area contributed by atoms with E-state index in [-0.39, 0.29) is 0 Å². The maximum atomic E-state index is 5.02. The molecule has 1 aromatic heterocycles. The van der Waals surface area contributed by atoms with E-state index in [0.29, 0.717) is 0 Å². The van der Waals surface area contributed by atoms with Crippen LogP contribution < -0.4 is 10.2 Å². The van der Waals surface area contributed by atoms with Gasteiger partial charge in [0.2, 0.25) is 5.95 Å². The molecule has 0 amide bonds. The first-order chi connectivity index (χ1) is 8.27. The Bertz CT molecular complexity index is 302. The van der Waals surface area contributed by atoms with Gasteiger partial charge in [-0.25, -0.2) is 9.97 Å². The van der Waals surface area contributed by atoms with Gasteiger partial charge >= 0.3 is 0 Å². The summed E-state index contributed by atoms with van der Waals surface area (Å²) in [6, 6.07) is 0. The number of ether oxygens (including phenoxy) is 1. The Balaban J connectivity index is 2.43. The topological polar surface area (TPSA) is 50.3 Å². The molecule has 0 spiro atoms. The third kappa shape index (κ3) is 5.10. The summed E-state index contributed by atoms with van der Waals surface area (Å²) >= 11 is 0. The average molecular weight is 238 g/mol. The minimum atomic E-state index is 0.765. The van der Waals surface area contributed by atoms with Crippen molar-refractivity contribution in [1.29, 1.82) is 0 Å². The van der Waals surface area contributed by atoms with Crippen molar-refractivity contribution in [1.82, 2.24) is 15.3 Å². The molecule has 5 heteroatoms. The second-order valence-corrected chi connectivity index (χ2v) is 3.94. The number of aromatic nitrogens is 2. The predicted molar refractivity (Wildman–Crippen MR) is 69.2 cm³/mol. The van der Waals surface area contributed by atoms with Crippen molar-refractivity contribution in [3.05, 3.63) is 18.0 Å². The first-order valence-electron chi connectivity index (χ1n) is 5.99. The van der Waals surface area contributed by atoms with E-state index >= 15 is 0 Å². The second kappa shape index (κ2) is 7.97. The molecule has 0 aliphatic rings. The van der Waals surface area contributed by atoms with Gasteiger partial charge in [-0.3, -0.25) is 0 Å². The lowest BCUT2D eigenvalue weighted by Gasteiger charge is -2.16. The van der Waals surface area contributed by atoms with Crippen LogP contribution in [0.15, 0.2) is 12.4 Å². The molecule has 17 heavy (non-hydrogen) atoms. The van der Waals surface area contributed by atoms with Gasteiger partial charge < -0.3 is 15.0 Å². The lowest BCUT2D eigenvalue weighted by molar-refractivity contribution is 0.196. The zero-order valence-corrected chi connectivity index (χ0v) is 10.9. The normalized spacial score (nSPS) is 10.5. The Labute approximate surface area is 103 Å². The van der Waals surface area contributed by atoms with Crippen molar-refractivity contribution in [2.24, 2.45) is 0 Å². The summed E-state index contributed by atoms with van der Waals surface area (Å²) in [6.45, 7) is 5.53. The van der Waals surface area contributed by atoms with Crippen LogP contribution in [-0.2, 0) is 11.3 Å². The van der Waals surface area contributed by atoms with Crippen LogP contribution in [0.25, 0.3) is 0 Å². The Morgan fingerprint density at radius 1 is 1.35 bits per heavy atom. The lowest BCUT2D eigenvalue weighted by Crippen LogP contribution is -2.22. The summed E-state index contributed by atoms with van der Waals surface area (Å²) in [5.74, 6) is 0.765. The molecule has 0 fully saturated rings. The molecule has 0 unspecified atom stereocenters. The van der Waals surface area contributed by atoms with Crippen molar-refractivity contribution in [3.8, 4) is 0 Å². The molecular formula is C12H22N4O. The summed E-state index contributed by atoms with van der Waals surface area (Å²) in [5, 5.41) is 3.24. The molecule has 1 heterocycles. The molecule has 5 nitrogen and oxygen atoms in total. The van der Waals surface area contributed by atoms with Gasteiger partial charge in [0, 0.05) is 51.8 Å². The van der Waals surface area contributed by atoms with Crippen LogP contribution >= 0.6 is 0 Å². The van der Waals surface area contributed by atoms with E-state index < -0.39 is 0 Å². The molecule has 1 rings (SSSR count). The van der Waals surface area contributed by atoms with Crippen molar-refractivity contribution in [2.45, 2.75) is 19.9 Å². The van der Waals surface area contributed by atoms with Crippen LogP contribution in [0.1, 0.15) is 18.9 Å². The maximum Gasteiger partial charge on any atom is 0.224 e. The molecule has 0 bridgehead atoms. The Kier molecular flexibility index (Phi) is 6.50. The van der Waals surface area contributed by atoms with Gasteiger partial charge in [-0.05, 0) is 13.0 Å². The average Bonchev–Trinajstić information content (AvgIpc) is 2.37. The van der Waals surface area contributed by atoms with E-state index in [4.69, 9.17) is 4.74 Å². The first kappa shape index (κ1) is 13.9. The molecule has 1 aromatic rings. The second-order valence-electron chi connectivity index (χ2n) is 3.94. The van der Waals surface area contributed by atoms with Gasteiger partial charge in [-0.2, -0.15) is 0 Å². The minimum absolute atomic E-state index is 0.765. The fourth-order valence-corrected chi connectivity index (χ4v) is 1.45. The van der Waals surface area contributed by atoms with E-state index in [1.165, 1.54) is 0 Å². The number of nitrogens with one attached hydrogen (secondary N) is 1. The summed E-state index contributed by atoms with van der Waals surface area (Å²) in [6.07, 6.45) is 4.73. The summed E-state index contributed by atoms with van der Waals surface area (Å²) < 4.78 is 5.02. The Morgan fingerprint density at radius 3 is 2.65 bits per heavy atom. The Hall–Kier alpha value is -1.20. The van der Waals surface area contributed by atoms with E-state index in [1.54, 1.807) is 7.11 Å². The first-order valence-corrected chi connectivity index (χ1v) is 5.99. The van der Waals surface area contributed by atoms with Crippen molar-refractivity contribution in [2.75, 3.05) is 38.8 Å². The number of methoxy groups -OCH3 is 1. The van der Waals surface area contributed by atoms with Crippen LogP contribution in [0.3, 0.4) is 0 Å². The number of rotatable bonds is 8. The van der Waals surface area contributed by atoms with E-state index in [9.17, 15) is 0 Å². The Morgan fingerprint density at radius 2 is 2.06 bits per heavy atom. The molecular weight excluding hydrogens is 216 g/mol. The summed E-state index contributed by atoms with van der Waals surface area (Å²) in [4.78, 5) is 10.7. The smallest absolute Gasteiger partial charge is 0.224 e. The molecule has 0 saturated heterocycles. The van der Waals surface area contributed by atoms with Crippen molar-refractivity contribution < 1.29 is 4.74 Å². The summed E-state index contributed by atoms with van der Waals surface area (Å²) in [7, 11) is 3.71. The van der Waals surface area contributed by atoms with E-state index in [1.807, 2.05) is 24.3 Å². The highest BCUT2D eigenvalue weighted by atomic mass is 16.5. The molecule has 0 aromatic carbocycles. The maximum absolute atomic E-state index is 5.02. The summed E-state index contributed by atoms with van der Waals surface area (Å²) in [5.41, 5.74) is 1.11. The van der Waals surface area contributed by atoms with Gasteiger partial charge in [0.25, 0.3) is 0 Å². The van der Waals surface area contributed by atoms with E-state index in [2.05, 4.69) is 22.2 Å². The molecule has 0 saturated carbocycles. The number of anilines is 1. The molecule has 0 aliphatic carbocycles. The predicted octanol–water partition coefficient (Wildman–Crippen LogP) is 1.06. The van der Waals surface area contributed by atoms with Crippen LogP contribution in [0.4, 0.5) is 5.95 Å². The fraction of sp³-hybridized carbons (Fsp3) is 0.667. The zero-order valence-electron chi connectivity index (χ0n) is 10.9. The molecule has 0 radical (unpaired) electrons. The van der Waals surface area contributed by atoms with Crippen molar-refractivity contribution >= 4 is 5.95 Å². The van der Waals surface area contributed by atoms with Crippen LogP contribution in [0.5, 0.6) is 0 Å². The molecule has 96 valence electrons. The highest BCUT2D eigenvalue weighted by molar-refractivity contribution is 5.28. The van der Waals surface area contributed by atoms with Gasteiger partial charge in [0.15, 0.2) is 0 Å². The molecule has 0 atom stereocenters. The zero-order chi connectivity index (χ0) is 12.5. The highest BCUT2D eigenvalue weighted by Crippen LogP contribution is 2.05. The van der Waals surface area contributed by atoms with Gasteiger partial charge in [-0.1, -0.05) is 6.92 Å². The third-order valence-corrected chi connectivity index (χ3v) is 2.45. The quantitative estimate of drug-likeness (QED) is 0.686. The van der Waals surface area contributed by atoms with E-state index in [0.717, 1.165) is 44.2 Å². The SMILES string of the molecule is CCNCc1cnc(N(C)CCCOC)nc1. The fourth-order valence-electron chi connectivity index (χ4n) is 1.45.